The van der Waals surface area contributed by atoms with Crippen molar-refractivity contribution in [2.75, 3.05) is 46.4 Å². The number of aromatic nitrogens is 1. The van der Waals surface area contributed by atoms with Crippen LogP contribution in [0.2, 0.25) is 5.02 Å². The Labute approximate surface area is 172 Å². The summed E-state index contributed by atoms with van der Waals surface area (Å²) in [5, 5.41) is 7.61. The average Bonchev–Trinajstić information content (AvgIpc) is 2.75. The van der Waals surface area contributed by atoms with Gasteiger partial charge in [0.2, 0.25) is 0 Å². The molecule has 1 atom stereocenters. The van der Waals surface area contributed by atoms with Gasteiger partial charge in [0, 0.05) is 56.6 Å². The van der Waals surface area contributed by atoms with Crippen LogP contribution in [-0.4, -0.2) is 62.3 Å². The molecule has 0 aliphatic carbocycles. The monoisotopic (exact) mass is 401 g/mol. The van der Waals surface area contributed by atoms with E-state index in [4.69, 9.17) is 16.3 Å². The molecule has 28 heavy (non-hydrogen) atoms. The maximum Gasteiger partial charge on any atom is 0.191 e. The number of benzene rings is 1. The number of pyridine rings is 1. The average molecular weight is 402 g/mol. The maximum absolute atomic E-state index is 6.50. The third-order valence-electron chi connectivity index (χ3n) is 4.84. The third kappa shape index (κ3) is 5.92. The summed E-state index contributed by atoms with van der Waals surface area (Å²) in [5.74, 6) is 0.779. The van der Waals surface area contributed by atoms with Crippen molar-refractivity contribution < 1.29 is 4.74 Å². The molecule has 7 heteroatoms. The summed E-state index contributed by atoms with van der Waals surface area (Å²) < 4.78 is 5.52. The molecule has 1 aromatic carbocycles. The molecule has 1 unspecified atom stereocenters. The smallest absolute Gasteiger partial charge is 0.191 e. The number of morpholine rings is 1. The Morgan fingerprint density at radius 2 is 1.96 bits per heavy atom. The molecule has 150 valence electrons. The van der Waals surface area contributed by atoms with Gasteiger partial charge in [0.1, 0.15) is 0 Å². The minimum absolute atomic E-state index is 0.159. The number of nitrogens with zero attached hydrogens (tertiary/aromatic N) is 3. The Balaban J connectivity index is 1.59. The van der Waals surface area contributed by atoms with Crippen molar-refractivity contribution in [1.82, 2.24) is 20.5 Å². The summed E-state index contributed by atoms with van der Waals surface area (Å²) in [6, 6.07) is 14.2. The van der Waals surface area contributed by atoms with Crippen molar-refractivity contribution in [3.05, 3.63) is 64.9 Å². The van der Waals surface area contributed by atoms with Gasteiger partial charge in [-0.1, -0.05) is 35.9 Å². The first-order valence-electron chi connectivity index (χ1n) is 9.68. The fourth-order valence-corrected chi connectivity index (χ4v) is 3.60. The van der Waals surface area contributed by atoms with Gasteiger partial charge in [0.15, 0.2) is 5.96 Å². The van der Waals surface area contributed by atoms with Crippen LogP contribution in [0.15, 0.2) is 53.7 Å². The number of hydrogen-bond acceptors (Lipinski definition) is 4. The topological polar surface area (TPSA) is 61.8 Å². The zero-order valence-corrected chi connectivity index (χ0v) is 17.0. The molecule has 6 nitrogen and oxygen atoms in total. The molecule has 0 amide bonds. The zero-order chi connectivity index (χ0) is 19.6. The number of guanidine groups is 1. The lowest BCUT2D eigenvalue weighted by atomic mass is 10.0. The number of hydrogen-bond donors (Lipinski definition) is 2. The zero-order valence-electron chi connectivity index (χ0n) is 16.3. The van der Waals surface area contributed by atoms with Gasteiger partial charge in [-0.05, 0) is 23.8 Å². The largest absolute Gasteiger partial charge is 0.379 e. The van der Waals surface area contributed by atoms with E-state index in [1.165, 1.54) is 0 Å². The molecule has 3 rings (SSSR count). The maximum atomic E-state index is 6.50. The molecular weight excluding hydrogens is 374 g/mol. The normalized spacial score (nSPS) is 16.6. The minimum Gasteiger partial charge on any atom is -0.379 e. The Bertz CT molecular complexity index is 749. The van der Waals surface area contributed by atoms with Gasteiger partial charge in [-0.2, -0.15) is 0 Å². The van der Waals surface area contributed by atoms with Crippen LogP contribution in [0.3, 0.4) is 0 Å². The minimum atomic E-state index is 0.159. The van der Waals surface area contributed by atoms with Gasteiger partial charge >= 0.3 is 0 Å². The van der Waals surface area contributed by atoms with Gasteiger partial charge in [0.25, 0.3) is 0 Å². The highest BCUT2D eigenvalue weighted by atomic mass is 35.5. The molecule has 2 heterocycles. The van der Waals surface area contributed by atoms with Crippen molar-refractivity contribution in [1.29, 1.82) is 0 Å². The van der Waals surface area contributed by atoms with E-state index in [1.807, 2.05) is 42.6 Å². The summed E-state index contributed by atoms with van der Waals surface area (Å²) in [6.45, 7) is 4.76. The predicted molar refractivity (Wildman–Crippen MR) is 114 cm³/mol. The van der Waals surface area contributed by atoms with Crippen LogP contribution in [0.5, 0.6) is 0 Å². The van der Waals surface area contributed by atoms with E-state index >= 15 is 0 Å². The van der Waals surface area contributed by atoms with E-state index in [1.54, 1.807) is 7.05 Å². The first-order valence-corrected chi connectivity index (χ1v) is 10.1. The van der Waals surface area contributed by atoms with Crippen LogP contribution in [0.1, 0.15) is 17.3 Å². The molecule has 0 bridgehead atoms. The quantitative estimate of drug-likeness (QED) is 0.551. The van der Waals surface area contributed by atoms with E-state index in [-0.39, 0.29) is 6.04 Å². The van der Waals surface area contributed by atoms with Gasteiger partial charge in [-0.25, -0.2) is 0 Å². The molecule has 0 radical (unpaired) electrons. The first kappa shape index (κ1) is 20.6. The fourth-order valence-electron chi connectivity index (χ4n) is 3.34. The van der Waals surface area contributed by atoms with E-state index < -0.39 is 0 Å². The van der Waals surface area contributed by atoms with Crippen LogP contribution < -0.4 is 10.6 Å². The van der Waals surface area contributed by atoms with Crippen molar-refractivity contribution in [3.8, 4) is 0 Å². The van der Waals surface area contributed by atoms with Crippen LogP contribution in [0.4, 0.5) is 0 Å². The molecular formula is C21H28ClN5O. The van der Waals surface area contributed by atoms with Crippen LogP contribution in [0.25, 0.3) is 0 Å². The molecule has 1 saturated heterocycles. The Morgan fingerprint density at radius 1 is 1.18 bits per heavy atom. The van der Waals surface area contributed by atoms with Crippen molar-refractivity contribution >= 4 is 17.6 Å². The van der Waals surface area contributed by atoms with Gasteiger partial charge in [0.05, 0.1) is 19.3 Å². The lowest BCUT2D eigenvalue weighted by Gasteiger charge is -2.35. The van der Waals surface area contributed by atoms with Gasteiger partial charge < -0.3 is 15.4 Å². The second-order valence-electron chi connectivity index (χ2n) is 6.64. The summed E-state index contributed by atoms with van der Waals surface area (Å²) in [5.41, 5.74) is 2.19. The fraction of sp³-hybridized carbons (Fsp3) is 0.429. The van der Waals surface area contributed by atoms with Crippen molar-refractivity contribution in [3.63, 3.8) is 0 Å². The lowest BCUT2D eigenvalue weighted by molar-refractivity contribution is 0.0170. The second-order valence-corrected chi connectivity index (χ2v) is 7.04. The predicted octanol–water partition coefficient (Wildman–Crippen LogP) is 2.52. The Kier molecular flexibility index (Phi) is 8.08. The Hall–Kier alpha value is -2.15. The SMILES string of the molecule is CN=C(NCCc1ccccn1)NCC(c1ccccc1Cl)N1CCOCC1. The number of nitrogens with one attached hydrogen (secondary N) is 2. The Morgan fingerprint density at radius 3 is 2.68 bits per heavy atom. The number of ether oxygens (including phenoxy) is 1. The van der Waals surface area contributed by atoms with Crippen LogP contribution in [-0.2, 0) is 11.2 Å². The number of aliphatic imine (C=N–C) groups is 1. The highest BCUT2D eigenvalue weighted by Crippen LogP contribution is 2.27. The molecule has 2 aromatic rings. The molecule has 2 N–H and O–H groups in total. The molecule has 1 aliphatic heterocycles. The summed E-state index contributed by atoms with van der Waals surface area (Å²) in [6.07, 6.45) is 2.66. The molecule has 0 spiro atoms. The second kappa shape index (κ2) is 11.0. The highest BCUT2D eigenvalue weighted by Gasteiger charge is 2.24. The first-order chi connectivity index (χ1) is 13.8. The van der Waals surface area contributed by atoms with E-state index in [0.29, 0.717) is 6.54 Å². The van der Waals surface area contributed by atoms with Crippen molar-refractivity contribution in [2.24, 2.45) is 4.99 Å². The highest BCUT2D eigenvalue weighted by molar-refractivity contribution is 6.31. The number of rotatable bonds is 7. The molecule has 1 aromatic heterocycles. The summed E-state index contributed by atoms with van der Waals surface area (Å²) in [4.78, 5) is 11.1. The standard InChI is InChI=1S/C21H28ClN5O/c1-23-21(25-11-9-17-6-4-5-10-24-17)26-16-20(27-12-14-28-15-13-27)18-7-2-3-8-19(18)22/h2-8,10,20H,9,11-16H2,1H3,(H2,23,25,26). The van der Waals surface area contributed by atoms with E-state index in [2.05, 4.69) is 31.6 Å². The summed E-state index contributed by atoms with van der Waals surface area (Å²) in [7, 11) is 1.79. The number of halogens is 1. The lowest BCUT2D eigenvalue weighted by Crippen LogP contribution is -2.46. The molecule has 0 saturated carbocycles. The van der Waals surface area contributed by atoms with E-state index in [0.717, 1.165) is 61.5 Å². The molecule has 1 fully saturated rings. The van der Waals surface area contributed by atoms with Crippen LogP contribution in [0, 0.1) is 0 Å². The van der Waals surface area contributed by atoms with Crippen molar-refractivity contribution in [2.45, 2.75) is 12.5 Å². The molecule has 1 aliphatic rings. The van der Waals surface area contributed by atoms with Gasteiger partial charge in [-0.15, -0.1) is 0 Å². The third-order valence-corrected chi connectivity index (χ3v) is 5.18. The van der Waals surface area contributed by atoms with Crippen LogP contribution >= 0.6 is 11.6 Å². The van der Waals surface area contributed by atoms with Gasteiger partial charge in [-0.3, -0.25) is 14.9 Å². The van der Waals surface area contributed by atoms with E-state index in [9.17, 15) is 0 Å². The summed E-state index contributed by atoms with van der Waals surface area (Å²) >= 11 is 6.50.